The monoisotopic (exact) mass is 338 g/mol. The maximum atomic E-state index is 11.5. The number of carboxylic acid groups (broad SMARTS) is 1. The predicted molar refractivity (Wildman–Crippen MR) is 91.7 cm³/mol. The van der Waals surface area contributed by atoms with Gasteiger partial charge in [0.15, 0.2) is 0 Å². The highest BCUT2D eigenvalue weighted by molar-refractivity contribution is 5.89. The minimum atomic E-state index is -1.01. The van der Waals surface area contributed by atoms with E-state index in [1.807, 2.05) is 24.3 Å². The van der Waals surface area contributed by atoms with Gasteiger partial charge in [-0.1, -0.05) is 36.4 Å². The highest BCUT2D eigenvalue weighted by atomic mass is 16.5. The van der Waals surface area contributed by atoms with Crippen LogP contribution in [0.5, 0.6) is 0 Å². The van der Waals surface area contributed by atoms with Gasteiger partial charge in [-0.15, -0.1) is 0 Å². The maximum Gasteiger partial charge on any atom is 0.354 e. The number of nitrogens with zero attached hydrogens (tertiary/aromatic N) is 2. The van der Waals surface area contributed by atoms with E-state index in [-0.39, 0.29) is 11.6 Å². The molecule has 0 amide bonds. The Morgan fingerprint density at radius 1 is 1.28 bits per heavy atom. The molecule has 0 saturated carbocycles. The van der Waals surface area contributed by atoms with Gasteiger partial charge in [-0.25, -0.2) is 9.59 Å². The first-order valence-electron chi connectivity index (χ1n) is 7.90. The summed E-state index contributed by atoms with van der Waals surface area (Å²) in [5.41, 5.74) is 2.19. The van der Waals surface area contributed by atoms with E-state index in [0.29, 0.717) is 12.1 Å². The molecule has 6 heteroatoms. The van der Waals surface area contributed by atoms with Crippen molar-refractivity contribution in [2.45, 2.75) is 18.9 Å². The topological polar surface area (TPSA) is 81.4 Å². The molecule has 2 aromatic rings. The molecule has 1 unspecified atom stereocenters. The first kappa shape index (κ1) is 16.7. The Hall–Kier alpha value is -3.15. The van der Waals surface area contributed by atoms with E-state index < -0.39 is 11.9 Å². The second-order valence-corrected chi connectivity index (χ2v) is 5.76. The summed E-state index contributed by atoms with van der Waals surface area (Å²) in [6.45, 7) is 0.315. The van der Waals surface area contributed by atoms with Crippen molar-refractivity contribution in [2.75, 3.05) is 7.11 Å². The Kier molecular flexibility index (Phi) is 4.79. The third-order valence-electron chi connectivity index (χ3n) is 4.09. The predicted octanol–water partition coefficient (Wildman–Crippen LogP) is 3.02. The first-order valence-corrected chi connectivity index (χ1v) is 7.90. The molecule has 1 heterocycles. The Balaban J connectivity index is 1.84. The van der Waals surface area contributed by atoms with Crippen molar-refractivity contribution < 1.29 is 19.4 Å². The number of ether oxygens (including phenoxy) is 1. The van der Waals surface area contributed by atoms with Crippen LogP contribution in [0.25, 0.3) is 0 Å². The van der Waals surface area contributed by atoms with Gasteiger partial charge in [0.2, 0.25) is 0 Å². The van der Waals surface area contributed by atoms with Crippen LogP contribution in [-0.2, 0) is 11.3 Å². The molecule has 0 fully saturated rings. The summed E-state index contributed by atoms with van der Waals surface area (Å²) in [6.07, 6.45) is 8.77. The number of rotatable bonds is 5. The van der Waals surface area contributed by atoms with Gasteiger partial charge >= 0.3 is 11.9 Å². The minimum absolute atomic E-state index is 0.0889. The fraction of sp³-hybridized carbons (Fsp3) is 0.211. The number of methoxy groups -OCH3 is 1. The van der Waals surface area contributed by atoms with Crippen LogP contribution in [0.3, 0.4) is 0 Å². The number of hydrogen-bond acceptors (Lipinski definition) is 4. The Bertz CT molecular complexity index is 847. The summed E-state index contributed by atoms with van der Waals surface area (Å²) < 4.78 is 6.15. The van der Waals surface area contributed by atoms with E-state index in [4.69, 9.17) is 0 Å². The smallest absolute Gasteiger partial charge is 0.354 e. The SMILES string of the molecule is COC(=O)c1ccc(Cn2nc(C3C=CC=CC3)cc2C(=O)O)cc1. The Labute approximate surface area is 145 Å². The lowest BCUT2D eigenvalue weighted by molar-refractivity contribution is 0.0599. The maximum absolute atomic E-state index is 11.5. The van der Waals surface area contributed by atoms with Crippen LogP contribution in [0, 0.1) is 0 Å². The molecule has 1 atom stereocenters. The van der Waals surface area contributed by atoms with Crippen LogP contribution in [0.1, 0.15) is 44.4 Å². The molecule has 25 heavy (non-hydrogen) atoms. The molecule has 1 aliphatic rings. The molecular weight excluding hydrogens is 320 g/mol. The van der Waals surface area contributed by atoms with Gasteiger partial charge in [0, 0.05) is 5.92 Å². The number of allylic oxidation sites excluding steroid dienone is 4. The van der Waals surface area contributed by atoms with Crippen molar-refractivity contribution in [2.24, 2.45) is 0 Å². The van der Waals surface area contributed by atoms with E-state index in [1.54, 1.807) is 30.3 Å². The Morgan fingerprint density at radius 2 is 2.04 bits per heavy atom. The lowest BCUT2D eigenvalue weighted by Crippen LogP contribution is -2.11. The van der Waals surface area contributed by atoms with Crippen molar-refractivity contribution in [3.63, 3.8) is 0 Å². The Morgan fingerprint density at radius 3 is 2.64 bits per heavy atom. The first-order chi connectivity index (χ1) is 12.1. The van der Waals surface area contributed by atoms with Crippen LogP contribution in [-0.4, -0.2) is 33.9 Å². The summed E-state index contributed by atoms with van der Waals surface area (Å²) >= 11 is 0. The van der Waals surface area contributed by atoms with E-state index in [2.05, 4.69) is 9.84 Å². The molecule has 1 aromatic carbocycles. The molecule has 0 aliphatic heterocycles. The third-order valence-corrected chi connectivity index (χ3v) is 4.09. The number of carbonyl (C=O) groups is 2. The highest BCUT2D eigenvalue weighted by Gasteiger charge is 2.19. The molecular formula is C19H18N2O4. The van der Waals surface area contributed by atoms with Crippen molar-refractivity contribution in [3.05, 3.63) is 77.2 Å². The quantitative estimate of drug-likeness (QED) is 0.848. The van der Waals surface area contributed by atoms with E-state index in [9.17, 15) is 14.7 Å². The van der Waals surface area contributed by atoms with Crippen molar-refractivity contribution in [1.29, 1.82) is 0 Å². The van der Waals surface area contributed by atoms with E-state index in [1.165, 1.54) is 11.8 Å². The second-order valence-electron chi connectivity index (χ2n) is 5.76. The summed E-state index contributed by atoms with van der Waals surface area (Å²) in [7, 11) is 1.33. The molecule has 1 N–H and O–H groups in total. The van der Waals surface area contributed by atoms with Crippen molar-refractivity contribution in [1.82, 2.24) is 9.78 Å². The number of carboxylic acids is 1. The van der Waals surface area contributed by atoms with Crippen LogP contribution in [0.2, 0.25) is 0 Å². The van der Waals surface area contributed by atoms with Crippen LogP contribution >= 0.6 is 0 Å². The summed E-state index contributed by atoms with van der Waals surface area (Å²) in [5.74, 6) is -1.33. The number of carbonyl (C=O) groups excluding carboxylic acids is 1. The molecule has 0 spiro atoms. The zero-order valence-electron chi connectivity index (χ0n) is 13.8. The number of esters is 1. The minimum Gasteiger partial charge on any atom is -0.477 e. The number of hydrogen-bond donors (Lipinski definition) is 1. The molecule has 0 radical (unpaired) electrons. The van der Waals surface area contributed by atoms with Crippen LogP contribution < -0.4 is 0 Å². The lowest BCUT2D eigenvalue weighted by atomic mass is 9.97. The second kappa shape index (κ2) is 7.17. The zero-order chi connectivity index (χ0) is 17.8. The van der Waals surface area contributed by atoms with E-state index in [0.717, 1.165) is 17.7 Å². The van der Waals surface area contributed by atoms with Crippen LogP contribution in [0.4, 0.5) is 0 Å². The molecule has 6 nitrogen and oxygen atoms in total. The highest BCUT2D eigenvalue weighted by Crippen LogP contribution is 2.24. The third kappa shape index (κ3) is 3.68. The summed E-state index contributed by atoms with van der Waals surface area (Å²) in [6, 6.07) is 8.46. The van der Waals surface area contributed by atoms with Gasteiger partial charge in [-0.05, 0) is 30.2 Å². The van der Waals surface area contributed by atoms with Gasteiger partial charge in [-0.2, -0.15) is 5.10 Å². The fourth-order valence-electron chi connectivity index (χ4n) is 2.75. The summed E-state index contributed by atoms with van der Waals surface area (Å²) in [4.78, 5) is 23.0. The van der Waals surface area contributed by atoms with Gasteiger partial charge in [-0.3, -0.25) is 4.68 Å². The average Bonchev–Trinajstić information content (AvgIpc) is 3.06. The molecule has 0 bridgehead atoms. The van der Waals surface area contributed by atoms with Gasteiger partial charge in [0.05, 0.1) is 24.9 Å². The standard InChI is InChI=1S/C19H18N2O4/c1-25-19(24)15-9-7-13(8-10-15)12-21-17(18(22)23)11-16(20-21)14-5-3-2-4-6-14/h2-5,7-11,14H,6,12H2,1H3,(H,22,23). The summed E-state index contributed by atoms with van der Waals surface area (Å²) in [5, 5.41) is 13.9. The zero-order valence-corrected chi connectivity index (χ0v) is 13.8. The molecule has 0 saturated heterocycles. The van der Waals surface area contributed by atoms with Crippen LogP contribution in [0.15, 0.2) is 54.6 Å². The van der Waals surface area contributed by atoms with Crippen molar-refractivity contribution in [3.8, 4) is 0 Å². The molecule has 1 aromatic heterocycles. The number of aromatic nitrogens is 2. The van der Waals surface area contributed by atoms with Crippen molar-refractivity contribution >= 4 is 11.9 Å². The average molecular weight is 338 g/mol. The van der Waals surface area contributed by atoms with Gasteiger partial charge < -0.3 is 9.84 Å². The lowest BCUT2D eigenvalue weighted by Gasteiger charge is -2.09. The van der Waals surface area contributed by atoms with Gasteiger partial charge in [0.1, 0.15) is 5.69 Å². The molecule has 128 valence electrons. The molecule has 3 rings (SSSR count). The fourth-order valence-corrected chi connectivity index (χ4v) is 2.75. The number of benzene rings is 1. The van der Waals surface area contributed by atoms with E-state index >= 15 is 0 Å². The normalized spacial score (nSPS) is 16.0. The molecule has 1 aliphatic carbocycles. The van der Waals surface area contributed by atoms with Gasteiger partial charge in [0.25, 0.3) is 0 Å². The largest absolute Gasteiger partial charge is 0.477 e. The number of aromatic carboxylic acids is 1.